The number of fused-ring (bicyclic) bond motifs is 1. The van der Waals surface area contributed by atoms with E-state index in [9.17, 15) is 18.0 Å². The summed E-state index contributed by atoms with van der Waals surface area (Å²) in [5.41, 5.74) is -0.0296. The van der Waals surface area contributed by atoms with E-state index in [2.05, 4.69) is 10.4 Å². The molecule has 0 saturated carbocycles. The molecule has 1 amide bonds. The minimum atomic E-state index is -4.68. The summed E-state index contributed by atoms with van der Waals surface area (Å²) in [6, 6.07) is 20.3. The molecule has 4 aromatic rings. The highest BCUT2D eigenvalue weighted by atomic mass is 35.5. The molecule has 0 aliphatic carbocycles. The molecule has 0 spiro atoms. The van der Waals surface area contributed by atoms with E-state index in [4.69, 9.17) is 16.3 Å². The molecule has 0 saturated heterocycles. The molecule has 0 fully saturated rings. The van der Waals surface area contributed by atoms with Crippen LogP contribution in [0.3, 0.4) is 0 Å². The Morgan fingerprint density at radius 1 is 1.09 bits per heavy atom. The summed E-state index contributed by atoms with van der Waals surface area (Å²) in [4.78, 5) is 12.5. The van der Waals surface area contributed by atoms with Crippen molar-refractivity contribution < 1.29 is 22.7 Å². The van der Waals surface area contributed by atoms with Crippen LogP contribution in [0.15, 0.2) is 72.8 Å². The van der Waals surface area contributed by atoms with E-state index >= 15 is 0 Å². The molecule has 1 unspecified atom stereocenters. The van der Waals surface area contributed by atoms with E-state index in [1.165, 1.54) is 12.1 Å². The largest absolute Gasteiger partial charge is 0.467 e. The van der Waals surface area contributed by atoms with Gasteiger partial charge in [-0.05, 0) is 35.4 Å². The molecule has 3 aromatic carbocycles. The maximum Gasteiger partial charge on any atom is 0.435 e. The first-order valence-electron chi connectivity index (χ1n) is 10.1. The van der Waals surface area contributed by atoms with E-state index < -0.39 is 24.4 Å². The molecule has 1 heterocycles. The number of rotatable bonds is 6. The van der Waals surface area contributed by atoms with E-state index in [1.54, 1.807) is 12.1 Å². The van der Waals surface area contributed by atoms with Gasteiger partial charge in [0.15, 0.2) is 12.3 Å². The third-order valence-electron chi connectivity index (χ3n) is 5.07. The Morgan fingerprint density at radius 2 is 1.79 bits per heavy atom. The number of benzene rings is 3. The lowest BCUT2D eigenvalue weighted by molar-refractivity contribution is -0.141. The van der Waals surface area contributed by atoms with Crippen molar-refractivity contribution in [2.75, 3.05) is 6.61 Å². The first-order chi connectivity index (χ1) is 15.7. The Labute approximate surface area is 192 Å². The van der Waals surface area contributed by atoms with Gasteiger partial charge >= 0.3 is 6.18 Å². The number of para-hydroxylation sites is 1. The van der Waals surface area contributed by atoms with Gasteiger partial charge < -0.3 is 10.1 Å². The second-order valence-electron chi connectivity index (χ2n) is 7.38. The quantitative estimate of drug-likeness (QED) is 0.376. The monoisotopic (exact) mass is 473 g/mol. The van der Waals surface area contributed by atoms with Gasteiger partial charge in [0.2, 0.25) is 5.88 Å². The van der Waals surface area contributed by atoms with Crippen molar-refractivity contribution in [3.05, 3.63) is 89.1 Å². The first kappa shape index (κ1) is 22.7. The lowest BCUT2D eigenvalue weighted by Gasteiger charge is -2.17. The van der Waals surface area contributed by atoms with Crippen LogP contribution >= 0.6 is 11.6 Å². The van der Waals surface area contributed by atoms with Crippen molar-refractivity contribution in [3.8, 4) is 11.6 Å². The fraction of sp³-hybridized carbons (Fsp3) is 0.167. The molecule has 170 valence electrons. The SMILES string of the molecule is CC(NC(=O)COc1cc(C(F)(F)F)nn1-c1ccccc1Cl)c1cccc2ccccc12. The second-order valence-corrected chi connectivity index (χ2v) is 7.78. The van der Waals surface area contributed by atoms with Gasteiger partial charge in [0.1, 0.15) is 0 Å². The number of halogens is 4. The number of hydrogen-bond acceptors (Lipinski definition) is 3. The maximum absolute atomic E-state index is 13.2. The molecular weight excluding hydrogens is 455 g/mol. The molecule has 0 bridgehead atoms. The van der Waals surface area contributed by atoms with E-state index in [0.29, 0.717) is 0 Å². The van der Waals surface area contributed by atoms with Crippen molar-refractivity contribution in [1.82, 2.24) is 15.1 Å². The number of amides is 1. The number of ether oxygens (including phenoxy) is 1. The maximum atomic E-state index is 13.2. The third-order valence-corrected chi connectivity index (χ3v) is 5.39. The predicted octanol–water partition coefficient (Wildman–Crippen LogP) is 5.95. The number of aromatic nitrogens is 2. The number of carbonyl (C=O) groups excluding carboxylic acids is 1. The fourth-order valence-corrected chi connectivity index (χ4v) is 3.75. The molecule has 9 heteroatoms. The van der Waals surface area contributed by atoms with Crippen molar-refractivity contribution in [2.24, 2.45) is 0 Å². The Bertz CT molecular complexity index is 1300. The highest BCUT2D eigenvalue weighted by molar-refractivity contribution is 6.32. The van der Waals surface area contributed by atoms with Crippen molar-refractivity contribution in [2.45, 2.75) is 19.1 Å². The number of hydrogen-bond donors (Lipinski definition) is 1. The molecule has 4 rings (SSSR count). The Balaban J connectivity index is 1.52. The molecule has 33 heavy (non-hydrogen) atoms. The lowest BCUT2D eigenvalue weighted by Crippen LogP contribution is -2.31. The van der Waals surface area contributed by atoms with Crippen LogP contribution in [0.25, 0.3) is 16.5 Å². The normalized spacial score (nSPS) is 12.5. The minimum Gasteiger partial charge on any atom is -0.467 e. The van der Waals surface area contributed by atoms with Crippen LogP contribution < -0.4 is 10.1 Å². The number of nitrogens with zero attached hydrogens (tertiary/aromatic N) is 2. The van der Waals surface area contributed by atoms with Crippen molar-refractivity contribution in [3.63, 3.8) is 0 Å². The van der Waals surface area contributed by atoms with Gasteiger partial charge in [-0.25, -0.2) is 0 Å². The lowest BCUT2D eigenvalue weighted by atomic mass is 10.00. The van der Waals surface area contributed by atoms with Gasteiger partial charge in [-0.1, -0.05) is 66.2 Å². The minimum absolute atomic E-state index is 0.188. The smallest absolute Gasteiger partial charge is 0.435 e. The molecule has 1 N–H and O–H groups in total. The number of nitrogens with one attached hydrogen (secondary N) is 1. The molecule has 0 aliphatic rings. The molecule has 1 atom stereocenters. The van der Waals surface area contributed by atoms with E-state index in [0.717, 1.165) is 27.1 Å². The molecule has 1 aromatic heterocycles. The highest BCUT2D eigenvalue weighted by Crippen LogP contribution is 2.33. The van der Waals surface area contributed by atoms with E-state index in [-0.39, 0.29) is 22.6 Å². The summed E-state index contributed by atoms with van der Waals surface area (Å²) < 4.78 is 46.1. The van der Waals surface area contributed by atoms with E-state index in [1.807, 2.05) is 49.4 Å². The third kappa shape index (κ3) is 4.96. The summed E-state index contributed by atoms with van der Waals surface area (Å²) in [5, 5.41) is 8.63. The average molecular weight is 474 g/mol. The van der Waals surface area contributed by atoms with Gasteiger partial charge in [-0.3, -0.25) is 4.79 Å². The Morgan fingerprint density at radius 3 is 2.55 bits per heavy atom. The van der Waals surface area contributed by atoms with Crippen LogP contribution in [-0.2, 0) is 11.0 Å². The van der Waals surface area contributed by atoms with Crippen molar-refractivity contribution >= 4 is 28.3 Å². The van der Waals surface area contributed by atoms with Crippen molar-refractivity contribution in [1.29, 1.82) is 0 Å². The molecular formula is C24H19ClF3N3O2. The van der Waals surface area contributed by atoms with Gasteiger partial charge in [0.25, 0.3) is 5.91 Å². The number of alkyl halides is 3. The van der Waals surface area contributed by atoms with Crippen LogP contribution in [0.4, 0.5) is 13.2 Å². The number of carbonyl (C=O) groups is 1. The fourth-order valence-electron chi connectivity index (χ4n) is 3.53. The van der Waals surface area contributed by atoms with Crippen LogP contribution in [0.2, 0.25) is 5.02 Å². The van der Waals surface area contributed by atoms with Gasteiger partial charge in [0, 0.05) is 6.07 Å². The zero-order valence-corrected chi connectivity index (χ0v) is 18.2. The topological polar surface area (TPSA) is 56.1 Å². The van der Waals surface area contributed by atoms with Gasteiger partial charge in [0.05, 0.1) is 16.8 Å². The summed E-state index contributed by atoms with van der Waals surface area (Å²) in [5.74, 6) is -0.737. The molecule has 5 nitrogen and oxygen atoms in total. The van der Waals surface area contributed by atoms with Gasteiger partial charge in [-0.15, -0.1) is 0 Å². The average Bonchev–Trinajstić information content (AvgIpc) is 3.22. The molecule has 0 radical (unpaired) electrons. The summed E-state index contributed by atoms with van der Waals surface area (Å²) in [6.07, 6.45) is -4.68. The first-order valence-corrected chi connectivity index (χ1v) is 10.4. The second kappa shape index (κ2) is 9.15. The highest BCUT2D eigenvalue weighted by Gasteiger charge is 2.36. The van der Waals surface area contributed by atoms with Crippen LogP contribution in [0, 0.1) is 0 Å². The van der Waals surface area contributed by atoms with Crippen LogP contribution in [0.1, 0.15) is 24.2 Å². The van der Waals surface area contributed by atoms with Gasteiger partial charge in [-0.2, -0.15) is 23.0 Å². The predicted molar refractivity (Wildman–Crippen MR) is 120 cm³/mol. The summed E-state index contributed by atoms with van der Waals surface area (Å²) in [7, 11) is 0. The zero-order chi connectivity index (χ0) is 23.6. The molecule has 0 aliphatic heterocycles. The standard InChI is InChI=1S/C24H19ClF3N3O2/c1-15(17-10-6-8-16-7-2-3-9-18(16)17)29-22(32)14-33-23-13-21(24(26,27)28)30-31(23)20-12-5-4-11-19(20)25/h2-13,15H,14H2,1H3,(H,29,32). The Kier molecular flexibility index (Phi) is 6.29. The summed E-state index contributed by atoms with van der Waals surface area (Å²) >= 11 is 6.12. The van der Waals surface area contributed by atoms with Crippen LogP contribution in [0.5, 0.6) is 5.88 Å². The van der Waals surface area contributed by atoms with Crippen LogP contribution in [-0.4, -0.2) is 22.3 Å². The zero-order valence-electron chi connectivity index (χ0n) is 17.4. The Hall–Kier alpha value is -3.52. The summed E-state index contributed by atoms with van der Waals surface area (Å²) in [6.45, 7) is 1.33.